The van der Waals surface area contributed by atoms with Gasteiger partial charge in [0.05, 0.1) is 12.1 Å². The molecule has 0 bridgehead atoms. The van der Waals surface area contributed by atoms with E-state index in [0.717, 1.165) is 6.07 Å². The third-order valence-electron chi connectivity index (χ3n) is 4.26. The molecule has 1 aliphatic carbocycles. The minimum Gasteiger partial charge on any atom is -0.448 e. The van der Waals surface area contributed by atoms with Crippen molar-refractivity contribution in [2.24, 2.45) is 0 Å². The van der Waals surface area contributed by atoms with Crippen LogP contribution < -0.4 is 5.32 Å². The van der Waals surface area contributed by atoms with Crippen LogP contribution in [0.3, 0.4) is 0 Å². The van der Waals surface area contributed by atoms with Gasteiger partial charge in [-0.1, -0.05) is 18.2 Å². The number of rotatable bonds is 5. The van der Waals surface area contributed by atoms with Gasteiger partial charge in [0, 0.05) is 24.9 Å². The summed E-state index contributed by atoms with van der Waals surface area (Å²) in [5, 5.41) is 2.73. The van der Waals surface area contributed by atoms with Crippen molar-refractivity contribution in [1.29, 1.82) is 0 Å². The van der Waals surface area contributed by atoms with E-state index in [9.17, 15) is 22.8 Å². The van der Waals surface area contributed by atoms with Crippen molar-refractivity contribution in [3.8, 4) is 0 Å². The highest BCUT2D eigenvalue weighted by molar-refractivity contribution is 5.78. The first kappa shape index (κ1) is 16.6. The van der Waals surface area contributed by atoms with E-state index in [4.69, 9.17) is 4.74 Å². The molecular weight excluding hydrogens is 325 g/mol. The van der Waals surface area contributed by atoms with Crippen molar-refractivity contribution in [2.45, 2.75) is 31.0 Å². The minimum absolute atomic E-state index is 0.110. The Morgan fingerprint density at radius 1 is 1.33 bits per heavy atom. The average Bonchev–Trinajstić information content (AvgIpc) is 3.16. The molecule has 1 N–H and O–H groups in total. The van der Waals surface area contributed by atoms with Crippen molar-refractivity contribution in [2.75, 3.05) is 19.7 Å². The van der Waals surface area contributed by atoms with E-state index < -0.39 is 17.8 Å². The first-order chi connectivity index (χ1) is 11.4. The van der Waals surface area contributed by atoms with Crippen molar-refractivity contribution < 1.29 is 27.5 Å². The SMILES string of the molecule is O=C(CCN1CCOC1=O)N[C@H]1C[C@@H]1c1ccccc1C(F)(F)F. The lowest BCUT2D eigenvalue weighted by atomic mass is 10.0. The first-order valence-corrected chi connectivity index (χ1v) is 7.73. The molecule has 0 spiro atoms. The summed E-state index contributed by atoms with van der Waals surface area (Å²) < 4.78 is 43.8. The van der Waals surface area contributed by atoms with Gasteiger partial charge >= 0.3 is 12.3 Å². The summed E-state index contributed by atoms with van der Waals surface area (Å²) in [6.45, 7) is 1.03. The molecule has 5 nitrogen and oxygen atoms in total. The summed E-state index contributed by atoms with van der Waals surface area (Å²) in [5.41, 5.74) is -0.426. The molecule has 130 valence electrons. The Kier molecular flexibility index (Phi) is 4.38. The van der Waals surface area contributed by atoms with Crippen LogP contribution in [0.2, 0.25) is 0 Å². The number of cyclic esters (lactones) is 1. The fourth-order valence-electron chi connectivity index (χ4n) is 2.92. The number of ether oxygens (including phenoxy) is 1. The average molecular weight is 342 g/mol. The number of benzene rings is 1. The van der Waals surface area contributed by atoms with Gasteiger partial charge in [-0.15, -0.1) is 0 Å². The van der Waals surface area contributed by atoms with E-state index in [-0.39, 0.29) is 36.4 Å². The zero-order chi connectivity index (χ0) is 17.3. The summed E-state index contributed by atoms with van der Waals surface area (Å²) in [6, 6.07) is 5.16. The fourth-order valence-corrected chi connectivity index (χ4v) is 2.92. The summed E-state index contributed by atoms with van der Waals surface area (Å²) in [7, 11) is 0. The second-order valence-electron chi connectivity index (χ2n) is 5.95. The van der Waals surface area contributed by atoms with Crippen LogP contribution in [0.5, 0.6) is 0 Å². The predicted octanol–water partition coefficient (Wildman–Crippen LogP) is 2.52. The highest BCUT2D eigenvalue weighted by Crippen LogP contribution is 2.46. The zero-order valence-corrected chi connectivity index (χ0v) is 12.8. The Labute approximate surface area is 136 Å². The van der Waals surface area contributed by atoms with Gasteiger partial charge in [0.15, 0.2) is 0 Å². The van der Waals surface area contributed by atoms with Crippen LogP contribution in [-0.2, 0) is 15.7 Å². The monoisotopic (exact) mass is 342 g/mol. The molecule has 0 aromatic heterocycles. The van der Waals surface area contributed by atoms with Gasteiger partial charge in [0.2, 0.25) is 5.91 Å². The molecule has 8 heteroatoms. The van der Waals surface area contributed by atoms with Gasteiger partial charge < -0.3 is 15.0 Å². The Morgan fingerprint density at radius 2 is 2.08 bits per heavy atom. The maximum absolute atomic E-state index is 13.0. The molecular formula is C16H17F3N2O3. The van der Waals surface area contributed by atoms with Gasteiger partial charge in [0.1, 0.15) is 6.61 Å². The maximum Gasteiger partial charge on any atom is 0.416 e. The third kappa shape index (κ3) is 3.63. The number of carbonyl (C=O) groups excluding carboxylic acids is 2. The number of alkyl halides is 3. The lowest BCUT2D eigenvalue weighted by Crippen LogP contribution is -2.32. The molecule has 1 aliphatic heterocycles. The van der Waals surface area contributed by atoms with Gasteiger partial charge in [-0.25, -0.2) is 4.79 Å². The van der Waals surface area contributed by atoms with Crippen LogP contribution in [0.25, 0.3) is 0 Å². The lowest BCUT2D eigenvalue weighted by molar-refractivity contribution is -0.138. The quantitative estimate of drug-likeness (QED) is 0.895. The zero-order valence-electron chi connectivity index (χ0n) is 12.8. The molecule has 24 heavy (non-hydrogen) atoms. The van der Waals surface area contributed by atoms with Gasteiger partial charge in [-0.3, -0.25) is 4.79 Å². The standard InChI is InChI=1S/C16H17F3N2O3/c17-16(18,19)12-4-2-1-3-10(12)11-9-13(11)20-14(22)5-6-21-7-8-24-15(21)23/h1-4,11,13H,5-9H2,(H,20,22)/t11-,13+/m1/s1. The molecule has 2 aliphatic rings. The second kappa shape index (κ2) is 6.33. The number of amides is 2. The minimum atomic E-state index is -4.40. The van der Waals surface area contributed by atoms with Crippen LogP contribution in [0.15, 0.2) is 24.3 Å². The smallest absolute Gasteiger partial charge is 0.416 e. The topological polar surface area (TPSA) is 58.6 Å². The first-order valence-electron chi connectivity index (χ1n) is 7.73. The van der Waals surface area contributed by atoms with Crippen molar-refractivity contribution in [3.63, 3.8) is 0 Å². The van der Waals surface area contributed by atoms with Crippen LogP contribution in [0.4, 0.5) is 18.0 Å². The Hall–Kier alpha value is -2.25. The van der Waals surface area contributed by atoms with E-state index in [0.29, 0.717) is 19.6 Å². The fraction of sp³-hybridized carbons (Fsp3) is 0.500. The largest absolute Gasteiger partial charge is 0.448 e. The molecule has 2 amide bonds. The maximum atomic E-state index is 13.0. The molecule has 1 saturated heterocycles. The van der Waals surface area contributed by atoms with E-state index >= 15 is 0 Å². The van der Waals surface area contributed by atoms with Crippen LogP contribution >= 0.6 is 0 Å². The molecule has 2 fully saturated rings. The number of nitrogens with one attached hydrogen (secondary N) is 1. The van der Waals surface area contributed by atoms with Gasteiger partial charge in [-0.05, 0) is 18.1 Å². The normalized spacial score (nSPS) is 23.1. The Bertz CT molecular complexity index is 648. The van der Waals surface area contributed by atoms with E-state index in [1.165, 1.54) is 17.0 Å². The molecule has 1 heterocycles. The summed E-state index contributed by atoms with van der Waals surface area (Å²) >= 11 is 0. The van der Waals surface area contributed by atoms with Crippen molar-refractivity contribution in [3.05, 3.63) is 35.4 Å². The Balaban J connectivity index is 1.53. The number of hydrogen-bond acceptors (Lipinski definition) is 3. The van der Waals surface area contributed by atoms with Crippen LogP contribution in [0.1, 0.15) is 29.9 Å². The van der Waals surface area contributed by atoms with E-state index in [1.54, 1.807) is 6.07 Å². The molecule has 1 aromatic rings. The predicted molar refractivity (Wildman–Crippen MR) is 78.3 cm³/mol. The molecule has 1 saturated carbocycles. The number of nitrogens with zero attached hydrogens (tertiary/aromatic N) is 1. The molecule has 1 aromatic carbocycles. The summed E-state index contributed by atoms with van der Waals surface area (Å²) in [5.74, 6) is -0.588. The number of carbonyl (C=O) groups is 2. The Morgan fingerprint density at radius 3 is 2.75 bits per heavy atom. The van der Waals surface area contributed by atoms with E-state index in [1.807, 2.05) is 0 Å². The number of hydrogen-bond donors (Lipinski definition) is 1. The summed E-state index contributed by atoms with van der Waals surface area (Å²) in [4.78, 5) is 24.6. The van der Waals surface area contributed by atoms with Crippen LogP contribution in [0, 0.1) is 0 Å². The molecule has 0 unspecified atom stereocenters. The van der Waals surface area contributed by atoms with Crippen LogP contribution in [-0.4, -0.2) is 42.6 Å². The van der Waals surface area contributed by atoms with Crippen molar-refractivity contribution in [1.82, 2.24) is 10.2 Å². The van der Waals surface area contributed by atoms with Gasteiger partial charge in [-0.2, -0.15) is 13.2 Å². The third-order valence-corrected chi connectivity index (χ3v) is 4.26. The van der Waals surface area contributed by atoms with E-state index in [2.05, 4.69) is 5.32 Å². The van der Waals surface area contributed by atoms with Crippen molar-refractivity contribution >= 4 is 12.0 Å². The lowest BCUT2D eigenvalue weighted by Gasteiger charge is -2.13. The number of halogens is 3. The highest BCUT2D eigenvalue weighted by Gasteiger charge is 2.44. The molecule has 2 atom stereocenters. The summed E-state index contributed by atoms with van der Waals surface area (Å²) in [6.07, 6.45) is -4.24. The van der Waals surface area contributed by atoms with Gasteiger partial charge in [0.25, 0.3) is 0 Å². The molecule has 0 radical (unpaired) electrons. The second-order valence-corrected chi connectivity index (χ2v) is 5.95. The molecule has 3 rings (SSSR count). The highest BCUT2D eigenvalue weighted by atomic mass is 19.4.